The van der Waals surface area contributed by atoms with Crippen LogP contribution in [0.4, 0.5) is 0 Å². The van der Waals surface area contributed by atoms with Gasteiger partial charge in [-0.05, 0) is 32.9 Å². The van der Waals surface area contributed by atoms with Crippen LogP contribution in [0.15, 0.2) is 36.9 Å². The highest BCUT2D eigenvalue weighted by molar-refractivity contribution is 7.90. The predicted octanol–water partition coefficient (Wildman–Crippen LogP) is 1.63. The molecule has 176 valence electrons. The van der Waals surface area contributed by atoms with Crippen LogP contribution < -0.4 is 5.32 Å². The predicted molar refractivity (Wildman–Crippen MR) is 124 cm³/mol. The number of rotatable bonds is 6. The molecular weight excluding hydrogens is 456 g/mol. The first-order valence-corrected chi connectivity index (χ1v) is 12.4. The first kappa shape index (κ1) is 22.1. The van der Waals surface area contributed by atoms with Gasteiger partial charge >= 0.3 is 0 Å². The highest BCUT2D eigenvalue weighted by Crippen LogP contribution is 2.22. The zero-order chi connectivity index (χ0) is 24.0. The van der Waals surface area contributed by atoms with E-state index >= 15 is 0 Å². The summed E-state index contributed by atoms with van der Waals surface area (Å²) in [6.07, 6.45) is 6.60. The van der Waals surface area contributed by atoms with Gasteiger partial charge in [-0.25, -0.2) is 23.4 Å². The molecule has 5 heterocycles. The van der Waals surface area contributed by atoms with E-state index in [1.54, 1.807) is 18.5 Å². The number of aryl methyl sites for hydroxylation is 1. The molecule has 0 bridgehead atoms. The van der Waals surface area contributed by atoms with Crippen molar-refractivity contribution in [3.8, 4) is 11.4 Å². The van der Waals surface area contributed by atoms with Crippen LogP contribution in [0, 0.1) is 6.92 Å². The largest absolute Gasteiger partial charge is 0.355 e. The van der Waals surface area contributed by atoms with E-state index in [9.17, 15) is 13.2 Å². The number of carbonyl (C=O) groups excluding carboxylic acids is 1. The van der Waals surface area contributed by atoms with Crippen molar-refractivity contribution in [3.63, 3.8) is 0 Å². The molecule has 0 radical (unpaired) electrons. The minimum atomic E-state index is -3.80. The Balaban J connectivity index is 1.41. The summed E-state index contributed by atoms with van der Waals surface area (Å²) in [5.41, 5.74) is 3.94. The Morgan fingerprint density at radius 1 is 1.18 bits per heavy atom. The first-order chi connectivity index (χ1) is 16.2. The molecule has 1 fully saturated rings. The van der Waals surface area contributed by atoms with Gasteiger partial charge in [-0.2, -0.15) is 9.19 Å². The second-order valence-corrected chi connectivity index (χ2v) is 10.7. The number of fused-ring (bicyclic) bond motifs is 1. The maximum Gasteiger partial charge on any atom is 0.258 e. The van der Waals surface area contributed by atoms with Gasteiger partial charge < -0.3 is 9.88 Å². The maximum absolute atomic E-state index is 12.8. The van der Waals surface area contributed by atoms with E-state index in [1.807, 2.05) is 13.0 Å². The van der Waals surface area contributed by atoms with Crippen molar-refractivity contribution in [2.75, 3.05) is 6.54 Å². The lowest BCUT2D eigenvalue weighted by Crippen LogP contribution is -2.29. The molecule has 0 aliphatic carbocycles. The molecule has 1 atom stereocenters. The fourth-order valence-electron chi connectivity index (χ4n) is 4.23. The highest BCUT2D eigenvalue weighted by atomic mass is 32.2. The van der Waals surface area contributed by atoms with E-state index < -0.39 is 15.3 Å². The summed E-state index contributed by atoms with van der Waals surface area (Å²) >= 11 is 0. The van der Waals surface area contributed by atoms with Crippen molar-refractivity contribution in [1.29, 1.82) is 0 Å². The van der Waals surface area contributed by atoms with Gasteiger partial charge in [-0.1, -0.05) is 0 Å². The van der Waals surface area contributed by atoms with Crippen LogP contribution in [0.1, 0.15) is 43.5 Å². The third-order valence-corrected chi connectivity index (χ3v) is 7.74. The quantitative estimate of drug-likeness (QED) is 0.440. The van der Waals surface area contributed by atoms with Crippen LogP contribution in [0.5, 0.6) is 0 Å². The number of aromatic nitrogens is 7. The van der Waals surface area contributed by atoms with Gasteiger partial charge in [0, 0.05) is 37.3 Å². The summed E-state index contributed by atoms with van der Waals surface area (Å²) in [5.74, 6) is 1.03. The van der Waals surface area contributed by atoms with Crippen molar-refractivity contribution in [2.24, 2.45) is 0 Å². The fourth-order valence-corrected chi connectivity index (χ4v) is 5.63. The number of imidazole rings is 1. The molecule has 1 N–H and O–H groups in total. The van der Waals surface area contributed by atoms with Gasteiger partial charge in [0.15, 0.2) is 5.82 Å². The first-order valence-electron chi connectivity index (χ1n) is 10.9. The molecule has 5 rings (SSSR count). The molecule has 0 saturated carbocycles. The fraction of sp³-hybridized carbons (Fsp3) is 0.364. The molecule has 4 aromatic rings. The lowest BCUT2D eigenvalue weighted by Gasteiger charge is -2.11. The highest BCUT2D eigenvalue weighted by Gasteiger charge is 2.35. The van der Waals surface area contributed by atoms with Crippen molar-refractivity contribution < 1.29 is 13.2 Å². The minimum absolute atomic E-state index is 0.0733. The second-order valence-electron chi connectivity index (χ2n) is 8.61. The van der Waals surface area contributed by atoms with Gasteiger partial charge in [0.2, 0.25) is 5.91 Å². The number of carbonyl (C=O) groups is 1. The normalized spacial score (nSPS) is 16.5. The molecule has 1 saturated heterocycles. The van der Waals surface area contributed by atoms with Crippen molar-refractivity contribution >= 4 is 27.0 Å². The Hall–Kier alpha value is -3.67. The third kappa shape index (κ3) is 3.94. The van der Waals surface area contributed by atoms with E-state index in [4.69, 9.17) is 0 Å². The molecule has 34 heavy (non-hydrogen) atoms. The van der Waals surface area contributed by atoms with E-state index in [-0.39, 0.29) is 24.9 Å². The Labute approximate surface area is 196 Å². The lowest BCUT2D eigenvalue weighted by molar-refractivity contribution is -0.119. The molecule has 11 nitrogen and oxygen atoms in total. The van der Waals surface area contributed by atoms with Gasteiger partial charge in [0.25, 0.3) is 10.0 Å². The Morgan fingerprint density at radius 2 is 2.00 bits per heavy atom. The van der Waals surface area contributed by atoms with Crippen molar-refractivity contribution in [3.05, 3.63) is 54.1 Å². The number of nitrogens with zero attached hydrogens (tertiary/aromatic N) is 7. The Morgan fingerprint density at radius 3 is 2.74 bits per heavy atom. The van der Waals surface area contributed by atoms with Gasteiger partial charge in [-0.15, -0.1) is 0 Å². The molecule has 1 aliphatic heterocycles. The number of amides is 1. The van der Waals surface area contributed by atoms with E-state index in [2.05, 4.69) is 48.8 Å². The number of hydrogen-bond acceptors (Lipinski definition) is 8. The summed E-state index contributed by atoms with van der Waals surface area (Å²) in [7, 11) is -3.80. The zero-order valence-corrected chi connectivity index (χ0v) is 19.8. The van der Waals surface area contributed by atoms with Gasteiger partial charge in [-0.3, -0.25) is 9.78 Å². The summed E-state index contributed by atoms with van der Waals surface area (Å²) in [6.45, 7) is 6.30. The van der Waals surface area contributed by atoms with Crippen LogP contribution in [-0.2, 0) is 21.2 Å². The van der Waals surface area contributed by atoms with E-state index in [0.717, 1.165) is 32.3 Å². The van der Waals surface area contributed by atoms with Crippen molar-refractivity contribution in [1.82, 2.24) is 39.0 Å². The topological polar surface area (TPSA) is 138 Å². The summed E-state index contributed by atoms with van der Waals surface area (Å²) in [4.78, 5) is 29.4. The average molecular weight is 481 g/mol. The Kier molecular flexibility index (Phi) is 5.39. The number of nitrogens with one attached hydrogen (secondary N) is 1. The third-order valence-electron chi connectivity index (χ3n) is 5.84. The smallest absolute Gasteiger partial charge is 0.258 e. The summed E-state index contributed by atoms with van der Waals surface area (Å²) < 4.78 is 28.6. The second kappa shape index (κ2) is 8.28. The van der Waals surface area contributed by atoms with Crippen molar-refractivity contribution in [2.45, 2.75) is 44.9 Å². The van der Waals surface area contributed by atoms with Crippen LogP contribution in [0.25, 0.3) is 22.4 Å². The molecule has 4 aromatic heterocycles. The lowest BCUT2D eigenvalue weighted by atomic mass is 10.2. The monoisotopic (exact) mass is 480 g/mol. The number of pyridine rings is 1. The average Bonchev–Trinajstić information content (AvgIpc) is 3.52. The molecule has 12 heteroatoms. The molecule has 0 spiro atoms. The standard InChI is InChI=1S/C22H24N8O3S/c1-13(2)30-14(3)27-19-11-24-17(7-20(19)30)6-16-4-5-23-22(28-16)15-9-26-29(12-15)34(32,33)18-8-21(31)25-10-18/h4-5,7,9,11-13,18H,6,8,10H2,1-3H3,(H,25,31). The van der Waals surface area contributed by atoms with Crippen LogP contribution in [-0.4, -0.2) is 59.8 Å². The summed E-state index contributed by atoms with van der Waals surface area (Å²) in [6, 6.07) is 4.10. The molecule has 0 aromatic carbocycles. The molecule has 1 aliphatic rings. The molecular formula is C22H24N8O3S. The van der Waals surface area contributed by atoms with E-state index in [0.29, 0.717) is 17.8 Å². The van der Waals surface area contributed by atoms with Crippen LogP contribution in [0.2, 0.25) is 0 Å². The van der Waals surface area contributed by atoms with E-state index in [1.165, 1.54) is 12.4 Å². The number of hydrogen-bond donors (Lipinski definition) is 1. The molecule has 1 amide bonds. The van der Waals surface area contributed by atoms with Gasteiger partial charge in [0.1, 0.15) is 16.6 Å². The van der Waals surface area contributed by atoms with Crippen LogP contribution in [0.3, 0.4) is 0 Å². The summed E-state index contributed by atoms with van der Waals surface area (Å²) in [5, 5.41) is 5.70. The zero-order valence-electron chi connectivity index (χ0n) is 19.0. The minimum Gasteiger partial charge on any atom is -0.355 e. The maximum atomic E-state index is 12.8. The van der Waals surface area contributed by atoms with Gasteiger partial charge in [0.05, 0.1) is 35.4 Å². The van der Waals surface area contributed by atoms with Crippen LogP contribution >= 0.6 is 0 Å². The SMILES string of the molecule is Cc1nc2cnc(Cc3ccnc(-c4cnn(S(=O)(=O)C5CNC(=O)C5)c4)n3)cc2n1C(C)C. The Bertz CT molecular complexity index is 1510. The molecule has 1 unspecified atom stereocenters.